The minimum absolute atomic E-state index is 0.391. The summed E-state index contributed by atoms with van der Waals surface area (Å²) in [5.41, 5.74) is -0.391. The first-order valence-corrected chi connectivity index (χ1v) is 4.79. The first-order chi connectivity index (χ1) is 6.10. The Balaban J connectivity index is 4.78. The van der Waals surface area contributed by atoms with Crippen LogP contribution in [0.1, 0.15) is 34.1 Å². The van der Waals surface area contributed by atoms with Gasteiger partial charge in [-0.15, -0.1) is 0 Å². The summed E-state index contributed by atoms with van der Waals surface area (Å²) in [4.78, 5) is 0. The third-order valence-corrected chi connectivity index (χ3v) is 1.88. The van der Waals surface area contributed by atoms with E-state index in [1.54, 1.807) is 0 Å². The van der Waals surface area contributed by atoms with Crippen molar-refractivity contribution in [3.63, 3.8) is 0 Å². The quantitative estimate of drug-likeness (QED) is 0.601. The largest absolute Gasteiger partial charge is 0.197 e. The van der Waals surface area contributed by atoms with Crippen LogP contribution in [0.3, 0.4) is 0 Å². The lowest BCUT2D eigenvalue weighted by molar-refractivity contribution is 0.459. The Bertz CT molecular complexity index is 216. The van der Waals surface area contributed by atoms with Crippen molar-refractivity contribution in [1.82, 2.24) is 0 Å². The molecule has 0 spiro atoms. The molecule has 0 N–H and O–H groups in total. The predicted molar refractivity (Wildman–Crippen MR) is 57.1 cm³/mol. The van der Waals surface area contributed by atoms with Gasteiger partial charge in [-0.2, -0.15) is 5.26 Å². The molecule has 13 heavy (non-hydrogen) atoms. The molecular formula is C12H19N. The van der Waals surface area contributed by atoms with E-state index in [-0.39, 0.29) is 0 Å². The molecule has 0 aliphatic heterocycles. The highest BCUT2D eigenvalue weighted by molar-refractivity contribution is 5.22. The van der Waals surface area contributed by atoms with Gasteiger partial charge in [0.15, 0.2) is 0 Å². The lowest BCUT2D eigenvalue weighted by Crippen LogP contribution is -2.15. The third-order valence-electron chi connectivity index (χ3n) is 1.88. The summed E-state index contributed by atoms with van der Waals surface area (Å²) in [5, 5.41) is 9.14. The van der Waals surface area contributed by atoms with E-state index in [1.807, 2.05) is 38.2 Å². The number of hydrogen-bond donors (Lipinski definition) is 0. The zero-order valence-electron chi connectivity index (χ0n) is 9.04. The van der Waals surface area contributed by atoms with Crippen molar-refractivity contribution in [2.75, 3.05) is 0 Å². The van der Waals surface area contributed by atoms with Crippen LogP contribution in [-0.2, 0) is 0 Å². The fourth-order valence-corrected chi connectivity index (χ4v) is 1.58. The van der Waals surface area contributed by atoms with Crippen LogP contribution in [0.15, 0.2) is 24.3 Å². The fraction of sp³-hybridized carbons (Fsp3) is 0.583. The van der Waals surface area contributed by atoms with Crippen LogP contribution >= 0.6 is 0 Å². The first-order valence-electron chi connectivity index (χ1n) is 4.79. The van der Waals surface area contributed by atoms with Gasteiger partial charge in [0, 0.05) is 0 Å². The SMILES string of the molecule is CC=CC(C#N)(C=CC)CC(C)C. The highest BCUT2D eigenvalue weighted by atomic mass is 14.3. The number of hydrogen-bond acceptors (Lipinski definition) is 1. The second-order valence-corrected chi connectivity index (χ2v) is 3.75. The van der Waals surface area contributed by atoms with Crippen molar-refractivity contribution in [1.29, 1.82) is 5.26 Å². The van der Waals surface area contributed by atoms with E-state index in [1.165, 1.54) is 0 Å². The van der Waals surface area contributed by atoms with Crippen LogP contribution in [0.5, 0.6) is 0 Å². The Kier molecular flexibility index (Phi) is 5.14. The Hall–Kier alpha value is -1.03. The average molecular weight is 177 g/mol. The van der Waals surface area contributed by atoms with Crippen LogP contribution in [0.4, 0.5) is 0 Å². The van der Waals surface area contributed by atoms with Gasteiger partial charge in [0.05, 0.1) is 11.5 Å². The monoisotopic (exact) mass is 177 g/mol. The molecule has 0 aliphatic carbocycles. The molecule has 1 nitrogen and oxygen atoms in total. The second-order valence-electron chi connectivity index (χ2n) is 3.75. The third kappa shape index (κ3) is 3.94. The van der Waals surface area contributed by atoms with Gasteiger partial charge in [-0.05, 0) is 26.2 Å². The van der Waals surface area contributed by atoms with E-state index < -0.39 is 5.41 Å². The lowest BCUT2D eigenvalue weighted by atomic mass is 9.81. The molecule has 0 aromatic rings. The Labute approximate surface area is 81.8 Å². The highest BCUT2D eigenvalue weighted by Gasteiger charge is 2.23. The van der Waals surface area contributed by atoms with Crippen molar-refractivity contribution < 1.29 is 0 Å². The number of rotatable bonds is 4. The summed E-state index contributed by atoms with van der Waals surface area (Å²) in [6.45, 7) is 8.18. The summed E-state index contributed by atoms with van der Waals surface area (Å²) < 4.78 is 0. The van der Waals surface area contributed by atoms with Crippen LogP contribution in [0.2, 0.25) is 0 Å². The molecule has 0 unspecified atom stereocenters. The molecule has 0 amide bonds. The van der Waals surface area contributed by atoms with Crippen LogP contribution in [-0.4, -0.2) is 0 Å². The minimum Gasteiger partial charge on any atom is -0.197 e. The van der Waals surface area contributed by atoms with E-state index in [9.17, 15) is 0 Å². The molecule has 0 radical (unpaired) electrons. The Morgan fingerprint density at radius 2 is 1.69 bits per heavy atom. The number of nitrogens with zero attached hydrogens (tertiary/aromatic N) is 1. The standard InChI is InChI=1S/C12H19N/c1-5-7-12(10-13,8-6-2)9-11(3)4/h5-8,11H,9H2,1-4H3. The van der Waals surface area contributed by atoms with E-state index >= 15 is 0 Å². The lowest BCUT2D eigenvalue weighted by Gasteiger charge is -2.20. The maximum Gasteiger partial charge on any atom is 0.0935 e. The summed E-state index contributed by atoms with van der Waals surface area (Å²) in [6.07, 6.45) is 8.75. The smallest absolute Gasteiger partial charge is 0.0935 e. The zero-order chi connectivity index (χ0) is 10.3. The molecule has 0 bridgehead atoms. The van der Waals surface area contributed by atoms with Crippen molar-refractivity contribution in [3.8, 4) is 6.07 Å². The van der Waals surface area contributed by atoms with Gasteiger partial charge in [0.1, 0.15) is 0 Å². The van der Waals surface area contributed by atoms with Crippen LogP contribution in [0, 0.1) is 22.7 Å². The van der Waals surface area contributed by atoms with Gasteiger partial charge < -0.3 is 0 Å². The molecule has 0 saturated carbocycles. The number of nitriles is 1. The molecule has 0 fully saturated rings. The molecule has 0 aromatic carbocycles. The minimum atomic E-state index is -0.391. The van der Waals surface area contributed by atoms with Gasteiger partial charge in [-0.3, -0.25) is 0 Å². The average Bonchev–Trinajstić information content (AvgIpc) is 2.04. The molecule has 0 saturated heterocycles. The van der Waals surface area contributed by atoms with Gasteiger partial charge in [-0.1, -0.05) is 38.2 Å². The highest BCUT2D eigenvalue weighted by Crippen LogP contribution is 2.29. The van der Waals surface area contributed by atoms with E-state index in [0.717, 1.165) is 6.42 Å². The van der Waals surface area contributed by atoms with Crippen molar-refractivity contribution in [3.05, 3.63) is 24.3 Å². The van der Waals surface area contributed by atoms with E-state index in [2.05, 4.69) is 19.9 Å². The Morgan fingerprint density at radius 1 is 1.23 bits per heavy atom. The molecule has 72 valence electrons. The summed E-state index contributed by atoms with van der Waals surface area (Å²) in [6, 6.07) is 2.38. The molecule has 0 heterocycles. The van der Waals surface area contributed by atoms with E-state index in [0.29, 0.717) is 5.92 Å². The van der Waals surface area contributed by atoms with Gasteiger partial charge >= 0.3 is 0 Å². The zero-order valence-corrected chi connectivity index (χ0v) is 9.04. The number of allylic oxidation sites excluding steroid dienone is 4. The van der Waals surface area contributed by atoms with Crippen molar-refractivity contribution in [2.24, 2.45) is 11.3 Å². The first kappa shape index (κ1) is 12.0. The maximum atomic E-state index is 9.14. The predicted octanol–water partition coefficient (Wildman–Crippen LogP) is 3.69. The molecule has 0 aromatic heterocycles. The normalized spacial score (nSPS) is 16.6. The van der Waals surface area contributed by atoms with Crippen LogP contribution < -0.4 is 0 Å². The Morgan fingerprint density at radius 3 is 1.92 bits per heavy atom. The summed E-state index contributed by atoms with van der Waals surface area (Å²) in [5.74, 6) is 0.534. The maximum absolute atomic E-state index is 9.14. The van der Waals surface area contributed by atoms with Crippen molar-refractivity contribution in [2.45, 2.75) is 34.1 Å². The van der Waals surface area contributed by atoms with Crippen molar-refractivity contribution >= 4 is 0 Å². The molecule has 0 atom stereocenters. The molecule has 1 heteroatoms. The van der Waals surface area contributed by atoms with Gasteiger partial charge in [-0.25, -0.2) is 0 Å². The van der Waals surface area contributed by atoms with Crippen LogP contribution in [0.25, 0.3) is 0 Å². The molecule has 0 rings (SSSR count). The van der Waals surface area contributed by atoms with Gasteiger partial charge in [0.25, 0.3) is 0 Å². The van der Waals surface area contributed by atoms with E-state index in [4.69, 9.17) is 5.26 Å². The molecular weight excluding hydrogens is 158 g/mol. The summed E-state index contributed by atoms with van der Waals surface area (Å²) >= 11 is 0. The summed E-state index contributed by atoms with van der Waals surface area (Å²) in [7, 11) is 0. The fourth-order valence-electron chi connectivity index (χ4n) is 1.58. The second kappa shape index (κ2) is 5.59. The topological polar surface area (TPSA) is 23.8 Å². The molecule has 0 aliphatic rings. The van der Waals surface area contributed by atoms with Gasteiger partial charge in [0.2, 0.25) is 0 Å².